The fraction of sp³-hybridized carbons (Fsp3) is 0.409. The number of aromatic nitrogens is 2. The van der Waals surface area contributed by atoms with Crippen LogP contribution in [0, 0.1) is 0 Å². The normalized spacial score (nSPS) is 14.4. The molecule has 0 radical (unpaired) electrons. The van der Waals surface area contributed by atoms with E-state index in [-0.39, 0.29) is 16.7 Å². The molecule has 0 saturated heterocycles. The molecule has 0 saturated carbocycles. The van der Waals surface area contributed by atoms with Gasteiger partial charge in [-0.15, -0.1) is 11.3 Å². The van der Waals surface area contributed by atoms with Crippen LogP contribution in [0.15, 0.2) is 34.2 Å². The van der Waals surface area contributed by atoms with Crippen molar-refractivity contribution in [1.29, 1.82) is 0 Å². The number of amides is 1. The largest absolute Gasteiger partial charge is 0.495 e. The minimum Gasteiger partial charge on any atom is -0.495 e. The van der Waals surface area contributed by atoms with E-state index in [0.29, 0.717) is 16.6 Å². The summed E-state index contributed by atoms with van der Waals surface area (Å²) in [4.78, 5) is 34.8. The Morgan fingerprint density at radius 2 is 2.00 bits per heavy atom. The third-order valence-corrected chi connectivity index (χ3v) is 7.58. The Morgan fingerprint density at radius 1 is 1.27 bits per heavy atom. The molecule has 6 nitrogen and oxygen atoms in total. The fourth-order valence-corrected chi connectivity index (χ4v) is 6.23. The Hall–Kier alpha value is -2.32. The highest BCUT2D eigenvalue weighted by atomic mass is 32.2. The zero-order chi connectivity index (χ0) is 21.4. The zero-order valence-electron chi connectivity index (χ0n) is 17.6. The number of thioether (sulfide) groups is 1. The lowest BCUT2D eigenvalue weighted by molar-refractivity contribution is -0.127. The molecule has 1 unspecified atom stereocenters. The fourth-order valence-electron chi connectivity index (χ4n) is 3.86. The van der Waals surface area contributed by atoms with Crippen molar-refractivity contribution in [2.45, 2.75) is 43.0 Å². The van der Waals surface area contributed by atoms with E-state index in [1.54, 1.807) is 42.0 Å². The molecule has 158 valence electrons. The highest BCUT2D eigenvalue weighted by molar-refractivity contribution is 8.00. The molecule has 0 aliphatic heterocycles. The van der Waals surface area contributed by atoms with E-state index in [4.69, 9.17) is 9.72 Å². The van der Waals surface area contributed by atoms with Crippen LogP contribution in [0.3, 0.4) is 0 Å². The SMILES string of the molecule is COc1ccccc1-n1c(SC(C)C(=O)N(C)C)nc2sc3c(c2c1=O)CCCC3. The highest BCUT2D eigenvalue weighted by Crippen LogP contribution is 2.36. The van der Waals surface area contributed by atoms with Crippen molar-refractivity contribution < 1.29 is 9.53 Å². The van der Waals surface area contributed by atoms with E-state index in [1.807, 2.05) is 31.2 Å². The van der Waals surface area contributed by atoms with Gasteiger partial charge in [0.15, 0.2) is 5.16 Å². The van der Waals surface area contributed by atoms with Gasteiger partial charge in [0.25, 0.3) is 5.56 Å². The van der Waals surface area contributed by atoms with Crippen LogP contribution >= 0.6 is 23.1 Å². The summed E-state index contributed by atoms with van der Waals surface area (Å²) in [5.41, 5.74) is 1.70. The number of hydrogen-bond donors (Lipinski definition) is 0. The van der Waals surface area contributed by atoms with Gasteiger partial charge in [-0.1, -0.05) is 23.9 Å². The number of para-hydroxylation sites is 2. The van der Waals surface area contributed by atoms with Crippen molar-refractivity contribution in [3.05, 3.63) is 45.1 Å². The monoisotopic (exact) mass is 443 g/mol. The second-order valence-corrected chi connectivity index (χ2v) is 9.98. The van der Waals surface area contributed by atoms with Gasteiger partial charge in [0.1, 0.15) is 10.6 Å². The number of benzene rings is 1. The van der Waals surface area contributed by atoms with Crippen molar-refractivity contribution in [1.82, 2.24) is 14.5 Å². The maximum Gasteiger partial charge on any atom is 0.267 e. The van der Waals surface area contributed by atoms with Crippen LogP contribution in [0.5, 0.6) is 5.75 Å². The molecule has 1 amide bonds. The Labute approximate surface area is 183 Å². The topological polar surface area (TPSA) is 64.4 Å². The first-order valence-corrected chi connectivity index (χ1v) is 11.7. The Bertz CT molecular complexity index is 1170. The molecular weight excluding hydrogens is 418 g/mol. The van der Waals surface area contributed by atoms with Gasteiger partial charge in [0, 0.05) is 19.0 Å². The van der Waals surface area contributed by atoms with Crippen LogP contribution in [0.4, 0.5) is 0 Å². The number of carbonyl (C=O) groups excluding carboxylic acids is 1. The standard InChI is InChI=1S/C22H25N3O3S2/c1-13(20(26)24(2)3)29-22-23-19-18(14-9-5-8-12-17(14)30-19)21(27)25(22)15-10-6-7-11-16(15)28-4/h6-7,10-11,13H,5,8-9,12H2,1-4H3. The van der Waals surface area contributed by atoms with Gasteiger partial charge in [-0.3, -0.25) is 14.2 Å². The van der Waals surface area contributed by atoms with Crippen LogP contribution in [0.1, 0.15) is 30.2 Å². The summed E-state index contributed by atoms with van der Waals surface area (Å²) in [5, 5.41) is 0.856. The van der Waals surface area contributed by atoms with Crippen LogP contribution in [0.25, 0.3) is 15.9 Å². The second-order valence-electron chi connectivity index (χ2n) is 7.59. The van der Waals surface area contributed by atoms with Gasteiger partial charge < -0.3 is 9.64 Å². The van der Waals surface area contributed by atoms with E-state index in [9.17, 15) is 9.59 Å². The predicted molar refractivity (Wildman–Crippen MR) is 122 cm³/mol. The van der Waals surface area contributed by atoms with Crippen molar-refractivity contribution in [3.8, 4) is 11.4 Å². The van der Waals surface area contributed by atoms with Crippen LogP contribution in [0.2, 0.25) is 0 Å². The maximum absolute atomic E-state index is 13.8. The zero-order valence-corrected chi connectivity index (χ0v) is 19.2. The molecule has 1 aromatic carbocycles. The number of carbonyl (C=O) groups is 1. The molecule has 0 bridgehead atoms. The summed E-state index contributed by atoms with van der Waals surface area (Å²) in [5.74, 6) is 0.574. The average Bonchev–Trinajstić information content (AvgIpc) is 3.11. The first-order valence-electron chi connectivity index (χ1n) is 10.0. The molecular formula is C22H25N3O3S2. The first kappa shape index (κ1) is 20.9. The third kappa shape index (κ3) is 3.63. The van der Waals surface area contributed by atoms with Gasteiger partial charge in [-0.2, -0.15) is 0 Å². The summed E-state index contributed by atoms with van der Waals surface area (Å²) in [6.45, 7) is 1.84. The van der Waals surface area contributed by atoms with E-state index in [0.717, 1.165) is 41.5 Å². The number of methoxy groups -OCH3 is 1. The van der Waals surface area contributed by atoms with Gasteiger partial charge in [-0.05, 0) is 50.3 Å². The molecule has 1 aliphatic rings. The lowest BCUT2D eigenvalue weighted by Crippen LogP contribution is -2.31. The molecule has 1 aliphatic carbocycles. The summed E-state index contributed by atoms with van der Waals surface area (Å²) in [7, 11) is 5.06. The van der Waals surface area contributed by atoms with Crippen molar-refractivity contribution in [2.75, 3.05) is 21.2 Å². The average molecular weight is 444 g/mol. The molecule has 0 N–H and O–H groups in total. The Morgan fingerprint density at radius 3 is 2.73 bits per heavy atom. The lowest BCUT2D eigenvalue weighted by atomic mass is 9.97. The number of nitrogens with zero attached hydrogens (tertiary/aromatic N) is 3. The van der Waals surface area contributed by atoms with Crippen LogP contribution < -0.4 is 10.3 Å². The molecule has 4 rings (SSSR count). The minimum absolute atomic E-state index is 0.0219. The molecule has 0 spiro atoms. The number of rotatable bonds is 5. The van der Waals surface area contributed by atoms with Crippen molar-refractivity contribution >= 4 is 39.2 Å². The third-order valence-electron chi connectivity index (χ3n) is 5.35. The summed E-state index contributed by atoms with van der Waals surface area (Å²) < 4.78 is 7.16. The van der Waals surface area contributed by atoms with Crippen LogP contribution in [-0.4, -0.2) is 46.8 Å². The summed E-state index contributed by atoms with van der Waals surface area (Å²) in [6, 6.07) is 7.43. The van der Waals surface area contributed by atoms with Gasteiger partial charge in [0.2, 0.25) is 5.91 Å². The molecule has 3 aromatic rings. The second kappa shape index (κ2) is 8.43. The number of fused-ring (bicyclic) bond motifs is 3. The van der Waals surface area contributed by atoms with Gasteiger partial charge in [0.05, 0.1) is 23.4 Å². The number of aryl methyl sites for hydroxylation is 2. The Balaban J connectivity index is 1.97. The van der Waals surface area contributed by atoms with E-state index < -0.39 is 0 Å². The molecule has 2 aromatic heterocycles. The first-order chi connectivity index (χ1) is 14.4. The molecule has 0 fully saturated rings. The van der Waals surface area contributed by atoms with Gasteiger partial charge in [-0.25, -0.2) is 4.98 Å². The van der Waals surface area contributed by atoms with E-state index in [1.165, 1.54) is 16.6 Å². The quantitative estimate of drug-likeness (QED) is 0.442. The smallest absolute Gasteiger partial charge is 0.267 e. The summed E-state index contributed by atoms with van der Waals surface area (Å²) >= 11 is 2.93. The molecule has 8 heteroatoms. The van der Waals surface area contributed by atoms with E-state index >= 15 is 0 Å². The predicted octanol–water partition coefficient (Wildman–Crippen LogP) is 3.90. The number of ether oxygens (including phenoxy) is 1. The summed E-state index contributed by atoms with van der Waals surface area (Å²) in [6.07, 6.45) is 4.16. The van der Waals surface area contributed by atoms with Crippen molar-refractivity contribution in [2.24, 2.45) is 0 Å². The number of hydrogen-bond acceptors (Lipinski definition) is 6. The number of thiophene rings is 1. The highest BCUT2D eigenvalue weighted by Gasteiger charge is 2.26. The van der Waals surface area contributed by atoms with Crippen molar-refractivity contribution in [3.63, 3.8) is 0 Å². The molecule has 1 atom stereocenters. The Kier molecular flexibility index (Phi) is 5.88. The lowest BCUT2D eigenvalue weighted by Gasteiger charge is -2.19. The van der Waals surface area contributed by atoms with Gasteiger partial charge >= 0.3 is 0 Å². The maximum atomic E-state index is 13.8. The van der Waals surface area contributed by atoms with E-state index in [2.05, 4.69) is 0 Å². The van der Waals surface area contributed by atoms with Crippen LogP contribution in [-0.2, 0) is 17.6 Å². The minimum atomic E-state index is -0.375. The molecule has 30 heavy (non-hydrogen) atoms. The molecule has 2 heterocycles.